The number of aliphatic hydroxyl groups excluding tert-OH is 1. The van der Waals surface area contributed by atoms with E-state index in [9.17, 15) is 9.50 Å². The third-order valence-electron chi connectivity index (χ3n) is 2.79. The molecule has 2 nitrogen and oxygen atoms in total. The monoisotopic (exact) mass is 357 g/mol. The van der Waals surface area contributed by atoms with Gasteiger partial charge in [0.1, 0.15) is 5.82 Å². The van der Waals surface area contributed by atoms with E-state index in [1.165, 1.54) is 6.07 Å². The molecule has 0 aliphatic heterocycles. The van der Waals surface area contributed by atoms with Crippen LogP contribution in [0.1, 0.15) is 24.4 Å². The minimum absolute atomic E-state index is 0. The maximum Gasteiger partial charge on any atom is 0.128 e. The number of halogens is 3. The summed E-state index contributed by atoms with van der Waals surface area (Å²) in [5.74, 6) is -0.0696. The molecule has 0 heterocycles. The lowest BCUT2D eigenvalue weighted by Crippen LogP contribution is -2.28. The first-order valence-corrected chi connectivity index (χ1v) is 6.06. The molecule has 3 N–H and O–H groups in total. The smallest absolute Gasteiger partial charge is 0.128 e. The number of rotatable bonds is 3. The Morgan fingerprint density at radius 1 is 1.44 bits per heavy atom. The van der Waals surface area contributed by atoms with E-state index >= 15 is 0 Å². The van der Waals surface area contributed by atoms with Gasteiger partial charge >= 0.3 is 0 Å². The van der Waals surface area contributed by atoms with Gasteiger partial charge in [-0.25, -0.2) is 4.39 Å². The number of hydrogen-bond donors (Lipinski definition) is 2. The Morgan fingerprint density at radius 3 is 2.62 bits per heavy atom. The van der Waals surface area contributed by atoms with Gasteiger partial charge in [0.2, 0.25) is 0 Å². The Balaban J connectivity index is 0.00000128. The second kappa shape index (κ2) is 5.62. The summed E-state index contributed by atoms with van der Waals surface area (Å²) in [7, 11) is 0. The SMILES string of the molecule is Cl.N[C@@H](c1cc(I)ccc1F)[C@H](O)C1CC1. The van der Waals surface area contributed by atoms with Crippen molar-refractivity contribution in [3.8, 4) is 0 Å². The molecule has 2 atom stereocenters. The van der Waals surface area contributed by atoms with E-state index in [0.29, 0.717) is 5.56 Å². The van der Waals surface area contributed by atoms with Gasteiger partial charge in [-0.1, -0.05) is 0 Å². The maximum absolute atomic E-state index is 13.5. The first-order valence-electron chi connectivity index (χ1n) is 4.98. The summed E-state index contributed by atoms with van der Waals surface area (Å²) < 4.78 is 14.4. The van der Waals surface area contributed by atoms with Crippen LogP contribution in [0.15, 0.2) is 18.2 Å². The van der Waals surface area contributed by atoms with Crippen LogP contribution in [0.5, 0.6) is 0 Å². The van der Waals surface area contributed by atoms with E-state index in [1.807, 2.05) is 0 Å². The van der Waals surface area contributed by atoms with Gasteiger partial charge in [0.05, 0.1) is 12.1 Å². The molecule has 0 radical (unpaired) electrons. The molecule has 1 aliphatic rings. The summed E-state index contributed by atoms with van der Waals surface area (Å²) in [6.45, 7) is 0. The molecule has 0 amide bonds. The fourth-order valence-corrected chi connectivity index (χ4v) is 2.20. The molecule has 0 bridgehead atoms. The van der Waals surface area contributed by atoms with Gasteiger partial charge in [0, 0.05) is 9.13 Å². The Hall–Kier alpha value is 0.0900. The molecule has 0 saturated heterocycles. The van der Waals surface area contributed by atoms with Crippen molar-refractivity contribution in [2.24, 2.45) is 11.7 Å². The number of benzene rings is 1. The van der Waals surface area contributed by atoms with Crippen LogP contribution in [0, 0.1) is 15.3 Å². The van der Waals surface area contributed by atoms with Crippen molar-refractivity contribution in [1.29, 1.82) is 0 Å². The molecule has 1 aromatic rings. The predicted octanol–water partition coefficient (Wildman–Crippen LogP) is 2.62. The van der Waals surface area contributed by atoms with Crippen molar-refractivity contribution >= 4 is 35.0 Å². The molecule has 0 spiro atoms. The fourth-order valence-electron chi connectivity index (χ4n) is 1.68. The lowest BCUT2D eigenvalue weighted by Gasteiger charge is -2.19. The highest BCUT2D eigenvalue weighted by Crippen LogP contribution is 2.37. The third kappa shape index (κ3) is 3.06. The zero-order valence-corrected chi connectivity index (χ0v) is 11.5. The van der Waals surface area contributed by atoms with E-state index in [-0.39, 0.29) is 24.1 Å². The van der Waals surface area contributed by atoms with Crippen molar-refractivity contribution in [2.75, 3.05) is 0 Å². The lowest BCUT2D eigenvalue weighted by molar-refractivity contribution is 0.121. The van der Waals surface area contributed by atoms with Crippen LogP contribution in [0.2, 0.25) is 0 Å². The van der Waals surface area contributed by atoms with Gasteiger partial charge in [0.15, 0.2) is 0 Å². The largest absolute Gasteiger partial charge is 0.391 e. The average molecular weight is 358 g/mol. The van der Waals surface area contributed by atoms with Crippen LogP contribution in [0.3, 0.4) is 0 Å². The molecule has 2 rings (SSSR count). The van der Waals surface area contributed by atoms with Crippen molar-refractivity contribution in [2.45, 2.75) is 25.0 Å². The Labute approximate surface area is 114 Å². The van der Waals surface area contributed by atoms with Crippen molar-refractivity contribution < 1.29 is 9.50 Å². The number of hydrogen-bond acceptors (Lipinski definition) is 2. The quantitative estimate of drug-likeness (QED) is 0.817. The van der Waals surface area contributed by atoms with E-state index in [4.69, 9.17) is 5.73 Å². The first-order chi connectivity index (χ1) is 7.09. The van der Waals surface area contributed by atoms with E-state index < -0.39 is 12.1 Å². The molecule has 1 aliphatic carbocycles. The molecule has 1 fully saturated rings. The minimum atomic E-state index is -0.613. The van der Waals surface area contributed by atoms with Gasteiger partial charge in [-0.2, -0.15) is 0 Å². The van der Waals surface area contributed by atoms with Gasteiger partial charge in [-0.05, 0) is 59.5 Å². The van der Waals surface area contributed by atoms with Crippen LogP contribution < -0.4 is 5.73 Å². The second-order valence-electron chi connectivity index (χ2n) is 4.02. The number of aliphatic hydroxyl groups is 1. The molecule has 16 heavy (non-hydrogen) atoms. The molecular weight excluding hydrogens is 343 g/mol. The first kappa shape index (κ1) is 14.2. The molecule has 0 unspecified atom stereocenters. The summed E-state index contributed by atoms with van der Waals surface area (Å²) in [5.41, 5.74) is 6.27. The predicted molar refractivity (Wildman–Crippen MR) is 72.0 cm³/mol. The normalized spacial score (nSPS) is 18.8. The molecular formula is C11H14ClFINO. The zero-order valence-electron chi connectivity index (χ0n) is 8.57. The van der Waals surface area contributed by atoms with E-state index in [1.54, 1.807) is 12.1 Å². The average Bonchev–Trinajstić information content (AvgIpc) is 3.03. The Kier molecular flexibility index (Phi) is 4.97. The molecule has 1 saturated carbocycles. The lowest BCUT2D eigenvalue weighted by atomic mass is 9.99. The molecule has 5 heteroatoms. The van der Waals surface area contributed by atoms with Crippen LogP contribution >= 0.6 is 35.0 Å². The van der Waals surface area contributed by atoms with Gasteiger partial charge < -0.3 is 10.8 Å². The van der Waals surface area contributed by atoms with Crippen LogP contribution in [0.4, 0.5) is 4.39 Å². The van der Waals surface area contributed by atoms with Gasteiger partial charge in [-0.15, -0.1) is 12.4 Å². The summed E-state index contributed by atoms with van der Waals surface area (Å²) in [4.78, 5) is 0. The van der Waals surface area contributed by atoms with Crippen LogP contribution in [0.25, 0.3) is 0 Å². The van der Waals surface area contributed by atoms with Gasteiger partial charge in [0.25, 0.3) is 0 Å². The van der Waals surface area contributed by atoms with Crippen LogP contribution in [-0.4, -0.2) is 11.2 Å². The van der Waals surface area contributed by atoms with Crippen molar-refractivity contribution in [3.05, 3.63) is 33.1 Å². The molecule has 1 aromatic carbocycles. The van der Waals surface area contributed by atoms with Crippen molar-refractivity contribution in [1.82, 2.24) is 0 Å². The fraction of sp³-hybridized carbons (Fsp3) is 0.455. The highest BCUT2D eigenvalue weighted by Gasteiger charge is 2.35. The maximum atomic E-state index is 13.5. The highest BCUT2D eigenvalue weighted by atomic mass is 127. The Morgan fingerprint density at radius 2 is 2.06 bits per heavy atom. The second-order valence-corrected chi connectivity index (χ2v) is 5.27. The number of nitrogens with two attached hydrogens (primary N) is 1. The van der Waals surface area contributed by atoms with E-state index in [0.717, 1.165) is 16.4 Å². The topological polar surface area (TPSA) is 46.2 Å². The summed E-state index contributed by atoms with van der Waals surface area (Å²) in [6.07, 6.45) is 1.39. The summed E-state index contributed by atoms with van der Waals surface area (Å²) in [6, 6.07) is 4.19. The summed E-state index contributed by atoms with van der Waals surface area (Å²) >= 11 is 2.11. The molecule has 0 aromatic heterocycles. The third-order valence-corrected chi connectivity index (χ3v) is 3.46. The van der Waals surface area contributed by atoms with Crippen molar-refractivity contribution in [3.63, 3.8) is 0 Å². The van der Waals surface area contributed by atoms with Crippen LogP contribution in [-0.2, 0) is 0 Å². The zero-order chi connectivity index (χ0) is 11.0. The van der Waals surface area contributed by atoms with E-state index in [2.05, 4.69) is 22.6 Å². The Bertz CT molecular complexity index is 373. The standard InChI is InChI=1S/C11H13FINO.ClH/c12-9-4-3-7(13)5-8(9)10(14)11(15)6-1-2-6;/h3-6,10-11,15H,1-2,14H2;1H/t10-,11+;/m0./s1. The molecule has 90 valence electrons. The highest BCUT2D eigenvalue weighted by molar-refractivity contribution is 14.1. The minimum Gasteiger partial charge on any atom is -0.391 e. The van der Waals surface area contributed by atoms with Gasteiger partial charge in [-0.3, -0.25) is 0 Å². The summed E-state index contributed by atoms with van der Waals surface area (Å²) in [5, 5.41) is 9.83.